The Morgan fingerprint density at radius 3 is 2.00 bits per heavy atom. The first kappa shape index (κ1) is 29.1. The molecule has 8 nitrogen and oxygen atoms in total. The van der Waals surface area contributed by atoms with E-state index in [1.165, 1.54) is 11.1 Å². The number of hydrogen-bond acceptors (Lipinski definition) is 6. The molecule has 214 valence electrons. The van der Waals surface area contributed by atoms with Crippen molar-refractivity contribution < 1.29 is 24.1 Å². The molecule has 4 rings (SSSR count). The van der Waals surface area contributed by atoms with Crippen LogP contribution in [0.5, 0.6) is 17.2 Å². The summed E-state index contributed by atoms with van der Waals surface area (Å²) in [5, 5.41) is 13.5. The Hall–Kier alpha value is -3.91. The van der Waals surface area contributed by atoms with E-state index >= 15 is 0 Å². The van der Waals surface area contributed by atoms with Crippen LogP contribution >= 0.6 is 0 Å². The van der Waals surface area contributed by atoms with Gasteiger partial charge in [-0.2, -0.15) is 0 Å². The predicted molar refractivity (Wildman–Crippen MR) is 157 cm³/mol. The number of ether oxygens (including phenoxy) is 3. The Morgan fingerprint density at radius 2 is 1.50 bits per heavy atom. The SMILES string of the molecule is COc1cc(NC2CCN(C(=O)O)[C@@H](CCCN(Cc3ccccc3)Cc3ccccc3)C2)cc(OC)c1OC. The van der Waals surface area contributed by atoms with Crippen LogP contribution in [0.15, 0.2) is 72.8 Å². The van der Waals surface area contributed by atoms with Gasteiger partial charge in [0.15, 0.2) is 11.5 Å². The van der Waals surface area contributed by atoms with Crippen LogP contribution in [-0.4, -0.2) is 67.5 Å². The molecule has 0 aromatic heterocycles. The number of anilines is 1. The maximum absolute atomic E-state index is 12.1. The fraction of sp³-hybridized carbons (Fsp3) is 0.406. The summed E-state index contributed by atoms with van der Waals surface area (Å²) in [5.41, 5.74) is 3.41. The highest BCUT2D eigenvalue weighted by Crippen LogP contribution is 2.40. The molecule has 0 saturated carbocycles. The average Bonchev–Trinajstić information content (AvgIpc) is 2.97. The number of benzene rings is 3. The number of carbonyl (C=O) groups is 1. The van der Waals surface area contributed by atoms with E-state index in [9.17, 15) is 9.90 Å². The minimum absolute atomic E-state index is 0.0545. The molecule has 1 unspecified atom stereocenters. The van der Waals surface area contributed by atoms with Gasteiger partial charge in [-0.25, -0.2) is 4.79 Å². The lowest BCUT2D eigenvalue weighted by atomic mass is 9.93. The normalized spacial score (nSPS) is 16.9. The molecule has 1 aliphatic rings. The van der Waals surface area contributed by atoms with Gasteiger partial charge in [0, 0.05) is 49.5 Å². The first-order valence-corrected chi connectivity index (χ1v) is 13.9. The highest BCUT2D eigenvalue weighted by atomic mass is 16.5. The van der Waals surface area contributed by atoms with Crippen molar-refractivity contribution in [1.29, 1.82) is 0 Å². The van der Waals surface area contributed by atoms with Gasteiger partial charge in [-0.1, -0.05) is 60.7 Å². The Bertz CT molecular complexity index is 1140. The molecule has 1 saturated heterocycles. The van der Waals surface area contributed by atoms with E-state index in [1.807, 2.05) is 24.3 Å². The molecule has 2 atom stereocenters. The highest BCUT2D eigenvalue weighted by Gasteiger charge is 2.31. The lowest BCUT2D eigenvalue weighted by molar-refractivity contribution is 0.0972. The van der Waals surface area contributed by atoms with E-state index in [-0.39, 0.29) is 12.1 Å². The predicted octanol–water partition coefficient (Wildman–Crippen LogP) is 6.12. The van der Waals surface area contributed by atoms with Crippen LogP contribution in [0.1, 0.15) is 36.8 Å². The van der Waals surface area contributed by atoms with Gasteiger partial charge in [-0.05, 0) is 43.4 Å². The number of likely N-dealkylation sites (tertiary alicyclic amines) is 1. The Morgan fingerprint density at radius 1 is 0.925 bits per heavy atom. The van der Waals surface area contributed by atoms with E-state index in [0.29, 0.717) is 23.8 Å². The average molecular weight is 548 g/mol. The summed E-state index contributed by atoms with van der Waals surface area (Å²) in [4.78, 5) is 16.2. The van der Waals surface area contributed by atoms with Gasteiger partial charge < -0.3 is 29.5 Å². The lowest BCUT2D eigenvalue weighted by Crippen LogP contribution is -2.49. The molecule has 0 spiro atoms. The molecule has 3 aromatic rings. The number of methoxy groups -OCH3 is 3. The van der Waals surface area contributed by atoms with Gasteiger partial charge in [0.05, 0.1) is 21.3 Å². The molecule has 0 radical (unpaired) electrons. The standard InChI is InChI=1S/C32H41N3O5/c1-38-29-20-27(21-30(39-2)31(29)40-3)33-26-16-18-35(32(36)37)28(19-26)15-10-17-34(22-24-11-6-4-7-12-24)23-25-13-8-5-9-14-25/h4-9,11-14,20-21,26,28,33H,10,15-19,22-23H2,1-3H3,(H,36,37)/t26?,28-/m0/s1. The molecule has 0 aliphatic carbocycles. The van der Waals surface area contributed by atoms with Gasteiger partial charge in [-0.15, -0.1) is 0 Å². The van der Waals surface area contributed by atoms with Gasteiger partial charge in [0.25, 0.3) is 0 Å². The largest absolute Gasteiger partial charge is 0.493 e. The molecular weight excluding hydrogens is 506 g/mol. The number of nitrogens with zero attached hydrogens (tertiary/aromatic N) is 2. The van der Waals surface area contributed by atoms with Crippen molar-refractivity contribution >= 4 is 11.8 Å². The van der Waals surface area contributed by atoms with Crippen LogP contribution in [0, 0.1) is 0 Å². The third-order valence-corrected chi connectivity index (χ3v) is 7.51. The van der Waals surface area contributed by atoms with Crippen molar-refractivity contribution in [1.82, 2.24) is 9.80 Å². The summed E-state index contributed by atoms with van der Waals surface area (Å²) >= 11 is 0. The van der Waals surface area contributed by atoms with Crippen LogP contribution < -0.4 is 19.5 Å². The zero-order chi connectivity index (χ0) is 28.3. The minimum Gasteiger partial charge on any atom is -0.493 e. The summed E-state index contributed by atoms with van der Waals surface area (Å²) in [6.45, 7) is 3.10. The van der Waals surface area contributed by atoms with Gasteiger partial charge >= 0.3 is 6.09 Å². The summed E-state index contributed by atoms with van der Waals surface area (Å²) < 4.78 is 16.5. The Balaban J connectivity index is 1.41. The molecule has 1 amide bonds. The van der Waals surface area contributed by atoms with Crippen LogP contribution in [0.2, 0.25) is 0 Å². The number of rotatable bonds is 13. The molecule has 8 heteroatoms. The van der Waals surface area contributed by atoms with E-state index in [1.54, 1.807) is 26.2 Å². The van der Waals surface area contributed by atoms with Gasteiger partial charge in [0.1, 0.15) is 0 Å². The van der Waals surface area contributed by atoms with Crippen molar-refractivity contribution in [2.75, 3.05) is 39.7 Å². The molecule has 1 heterocycles. The smallest absolute Gasteiger partial charge is 0.407 e. The number of carboxylic acid groups (broad SMARTS) is 1. The molecule has 3 aromatic carbocycles. The zero-order valence-electron chi connectivity index (χ0n) is 23.7. The first-order valence-electron chi connectivity index (χ1n) is 13.9. The second-order valence-electron chi connectivity index (χ2n) is 10.2. The second kappa shape index (κ2) is 14.5. The van der Waals surface area contributed by atoms with Gasteiger partial charge in [-0.3, -0.25) is 4.90 Å². The van der Waals surface area contributed by atoms with E-state index in [0.717, 1.165) is 51.0 Å². The van der Waals surface area contributed by atoms with Crippen LogP contribution in [-0.2, 0) is 13.1 Å². The van der Waals surface area contributed by atoms with Crippen molar-refractivity contribution in [2.24, 2.45) is 0 Å². The summed E-state index contributed by atoms with van der Waals surface area (Å²) in [6.07, 6.45) is 2.33. The fourth-order valence-corrected chi connectivity index (χ4v) is 5.56. The fourth-order valence-electron chi connectivity index (χ4n) is 5.56. The second-order valence-corrected chi connectivity index (χ2v) is 10.2. The van der Waals surface area contributed by atoms with Crippen molar-refractivity contribution in [3.05, 3.63) is 83.9 Å². The summed E-state index contributed by atoms with van der Waals surface area (Å²) in [6, 6.07) is 24.9. The summed E-state index contributed by atoms with van der Waals surface area (Å²) in [7, 11) is 4.78. The number of nitrogens with one attached hydrogen (secondary N) is 1. The number of amides is 1. The van der Waals surface area contributed by atoms with E-state index in [2.05, 4.69) is 58.7 Å². The highest BCUT2D eigenvalue weighted by molar-refractivity contribution is 5.66. The first-order chi connectivity index (χ1) is 19.5. The molecule has 2 N–H and O–H groups in total. The topological polar surface area (TPSA) is 83.5 Å². The van der Waals surface area contributed by atoms with E-state index in [4.69, 9.17) is 14.2 Å². The number of hydrogen-bond donors (Lipinski definition) is 2. The quantitative estimate of drug-likeness (QED) is 0.267. The third-order valence-electron chi connectivity index (χ3n) is 7.51. The maximum atomic E-state index is 12.1. The third kappa shape index (κ3) is 7.82. The molecule has 1 aliphatic heterocycles. The summed E-state index contributed by atoms with van der Waals surface area (Å²) in [5.74, 6) is 1.71. The van der Waals surface area contributed by atoms with Crippen molar-refractivity contribution in [3.63, 3.8) is 0 Å². The minimum atomic E-state index is -0.846. The Kier molecular flexibility index (Phi) is 10.5. The molecule has 1 fully saturated rings. The van der Waals surface area contributed by atoms with Gasteiger partial charge in [0.2, 0.25) is 5.75 Å². The van der Waals surface area contributed by atoms with Crippen LogP contribution in [0.25, 0.3) is 0 Å². The van der Waals surface area contributed by atoms with E-state index < -0.39 is 6.09 Å². The van der Waals surface area contributed by atoms with Crippen molar-refractivity contribution in [3.8, 4) is 17.2 Å². The van der Waals surface area contributed by atoms with Crippen LogP contribution in [0.4, 0.5) is 10.5 Å². The molecule has 0 bridgehead atoms. The zero-order valence-corrected chi connectivity index (χ0v) is 23.7. The molecule has 40 heavy (non-hydrogen) atoms. The van der Waals surface area contributed by atoms with Crippen LogP contribution in [0.3, 0.4) is 0 Å². The maximum Gasteiger partial charge on any atom is 0.407 e. The molecular formula is C32H41N3O5. The monoisotopic (exact) mass is 547 g/mol. The van der Waals surface area contributed by atoms with Crippen molar-refractivity contribution in [2.45, 2.75) is 50.9 Å². The Labute approximate surface area is 237 Å². The lowest BCUT2D eigenvalue weighted by Gasteiger charge is -2.39. The number of piperidine rings is 1.